The normalized spacial score (nSPS) is 14.4. The second-order valence-electron chi connectivity index (χ2n) is 4.74. The van der Waals surface area contributed by atoms with Gasteiger partial charge in [0, 0.05) is 28.9 Å². The van der Waals surface area contributed by atoms with Crippen LogP contribution in [-0.2, 0) is 10.8 Å². The van der Waals surface area contributed by atoms with E-state index in [9.17, 15) is 9.00 Å². The van der Waals surface area contributed by atoms with Gasteiger partial charge in [0.1, 0.15) is 4.47 Å². The van der Waals surface area contributed by atoms with Crippen LogP contribution in [0.2, 0.25) is 0 Å². The van der Waals surface area contributed by atoms with Crippen LogP contribution in [0.3, 0.4) is 0 Å². The van der Waals surface area contributed by atoms with Gasteiger partial charge in [-0.15, -0.1) is 0 Å². The van der Waals surface area contributed by atoms with Gasteiger partial charge in [-0.3, -0.25) is 9.00 Å². The van der Waals surface area contributed by atoms with E-state index in [0.717, 1.165) is 6.42 Å². The molecule has 0 aromatic carbocycles. The topological polar surface area (TPSA) is 64.0 Å². The average Bonchev–Trinajstić information content (AvgIpc) is 2.33. The number of hydrogen-bond donors (Lipinski definition) is 1. The molecular formula is C12H20BrN3O2S. The molecule has 1 rings (SSSR count). The van der Waals surface area contributed by atoms with Crippen molar-refractivity contribution in [3.8, 4) is 0 Å². The molecule has 0 aliphatic rings. The van der Waals surface area contributed by atoms with Crippen molar-refractivity contribution in [2.75, 3.05) is 18.1 Å². The minimum absolute atomic E-state index is 0.0281. The molecule has 1 aromatic rings. The maximum atomic E-state index is 12.0. The van der Waals surface area contributed by atoms with Crippen LogP contribution in [0.1, 0.15) is 33.2 Å². The van der Waals surface area contributed by atoms with Crippen LogP contribution in [0.4, 0.5) is 5.69 Å². The summed E-state index contributed by atoms with van der Waals surface area (Å²) >= 11 is 3.30. The first-order chi connectivity index (χ1) is 8.84. The van der Waals surface area contributed by atoms with Crippen molar-refractivity contribution in [2.45, 2.75) is 38.5 Å². The average molecular weight is 350 g/mol. The van der Waals surface area contributed by atoms with E-state index in [-0.39, 0.29) is 16.9 Å². The Morgan fingerprint density at radius 1 is 1.47 bits per heavy atom. The van der Waals surface area contributed by atoms with Crippen LogP contribution in [0, 0.1) is 0 Å². The number of hydrogen-bond acceptors (Lipinski definition) is 4. The highest BCUT2D eigenvalue weighted by molar-refractivity contribution is 9.10. The molecule has 19 heavy (non-hydrogen) atoms. The first-order valence-electron chi connectivity index (χ1n) is 6.18. The Labute approximate surface area is 124 Å². The lowest BCUT2D eigenvalue weighted by molar-refractivity contribution is 0.501. The molecule has 0 spiro atoms. The summed E-state index contributed by atoms with van der Waals surface area (Å²) in [5.74, 6) is 0. The molecule has 1 N–H and O–H groups in total. The molecule has 1 aromatic heterocycles. The largest absolute Gasteiger partial charge is 0.383 e. The van der Waals surface area contributed by atoms with Crippen LogP contribution in [0.5, 0.6) is 0 Å². The fourth-order valence-corrected chi connectivity index (χ4v) is 2.39. The monoisotopic (exact) mass is 349 g/mol. The second-order valence-corrected chi connectivity index (χ2v) is 7.34. The van der Waals surface area contributed by atoms with Crippen LogP contribution >= 0.6 is 15.9 Å². The minimum Gasteiger partial charge on any atom is -0.383 e. The molecule has 2 unspecified atom stereocenters. The number of rotatable bonds is 6. The van der Waals surface area contributed by atoms with Crippen molar-refractivity contribution in [2.24, 2.45) is 0 Å². The Balaban J connectivity index is 2.73. The molecule has 0 saturated carbocycles. The molecule has 108 valence electrons. The van der Waals surface area contributed by atoms with Gasteiger partial charge in [0.2, 0.25) is 0 Å². The summed E-state index contributed by atoms with van der Waals surface area (Å²) in [7, 11) is -0.821. The summed E-state index contributed by atoms with van der Waals surface area (Å²) in [5.41, 5.74) is 0.531. The Morgan fingerprint density at radius 2 is 2.11 bits per heavy atom. The number of nitrogens with one attached hydrogen (secondary N) is 1. The van der Waals surface area contributed by atoms with E-state index in [2.05, 4.69) is 26.3 Å². The van der Waals surface area contributed by atoms with Gasteiger partial charge >= 0.3 is 0 Å². The molecule has 5 nitrogen and oxygen atoms in total. The van der Waals surface area contributed by atoms with Crippen molar-refractivity contribution in [3.05, 3.63) is 21.0 Å². The van der Waals surface area contributed by atoms with Crippen molar-refractivity contribution in [3.63, 3.8) is 0 Å². The van der Waals surface area contributed by atoms with E-state index >= 15 is 0 Å². The highest BCUT2D eigenvalue weighted by Gasteiger charge is 2.11. The van der Waals surface area contributed by atoms with Crippen molar-refractivity contribution < 1.29 is 4.21 Å². The van der Waals surface area contributed by atoms with Gasteiger partial charge < -0.3 is 5.32 Å². The summed E-state index contributed by atoms with van der Waals surface area (Å²) in [4.78, 5) is 12.0. The van der Waals surface area contributed by atoms with Crippen molar-refractivity contribution in [1.82, 2.24) is 9.78 Å². The summed E-state index contributed by atoms with van der Waals surface area (Å²) in [6, 6.07) is 0.0281. The third-order valence-corrected chi connectivity index (χ3v) is 5.00. The van der Waals surface area contributed by atoms with Gasteiger partial charge in [-0.1, -0.05) is 6.92 Å². The molecule has 2 atom stereocenters. The fraction of sp³-hybridized carbons (Fsp3) is 0.667. The summed E-state index contributed by atoms with van der Waals surface area (Å²) in [5, 5.41) is 7.41. The van der Waals surface area contributed by atoms with Gasteiger partial charge in [0.15, 0.2) is 0 Å². The molecule has 0 aliphatic carbocycles. The van der Waals surface area contributed by atoms with Gasteiger partial charge in [-0.25, -0.2) is 4.68 Å². The second kappa shape index (κ2) is 7.19. The standard InChI is InChI=1S/C12H20BrN3O2S/c1-8(2)16-12(17)11(13)10(7-15-16)14-6-5-9(3)19(4)18/h7-9,14H,5-6H2,1-4H3. The SMILES string of the molecule is CC(C)n1ncc(NCCC(C)S(C)=O)c(Br)c1=O. The maximum Gasteiger partial charge on any atom is 0.283 e. The maximum absolute atomic E-state index is 12.0. The number of anilines is 1. The van der Waals surface area contributed by atoms with Crippen LogP contribution in [0.25, 0.3) is 0 Å². The molecule has 0 radical (unpaired) electrons. The third-order valence-electron chi connectivity index (χ3n) is 2.87. The highest BCUT2D eigenvalue weighted by atomic mass is 79.9. The van der Waals surface area contributed by atoms with Gasteiger partial charge in [0.25, 0.3) is 5.56 Å². The lowest BCUT2D eigenvalue weighted by atomic mass is 10.3. The minimum atomic E-state index is -0.821. The predicted molar refractivity (Wildman–Crippen MR) is 83.2 cm³/mol. The third kappa shape index (κ3) is 4.42. The molecule has 7 heteroatoms. The Kier molecular flexibility index (Phi) is 6.19. The van der Waals surface area contributed by atoms with Crippen LogP contribution in [-0.4, -0.2) is 32.0 Å². The summed E-state index contributed by atoms with van der Waals surface area (Å²) in [6.45, 7) is 6.42. The lowest BCUT2D eigenvalue weighted by Crippen LogP contribution is -2.26. The molecule has 0 amide bonds. The molecule has 0 fully saturated rings. The van der Waals surface area contributed by atoms with Crippen molar-refractivity contribution in [1.29, 1.82) is 0 Å². The molecule has 0 bridgehead atoms. The summed E-state index contributed by atoms with van der Waals surface area (Å²) < 4.78 is 13.2. The molecule has 0 saturated heterocycles. The quantitative estimate of drug-likeness (QED) is 0.854. The Bertz CT molecular complexity index is 516. The van der Waals surface area contributed by atoms with Crippen molar-refractivity contribution >= 4 is 32.4 Å². The molecule has 0 aliphatic heterocycles. The predicted octanol–water partition coefficient (Wildman–Crippen LogP) is 2.16. The number of halogens is 1. The zero-order valence-corrected chi connectivity index (χ0v) is 14.0. The van der Waals surface area contributed by atoms with Gasteiger partial charge in [-0.2, -0.15) is 5.10 Å². The van der Waals surface area contributed by atoms with Crippen LogP contribution < -0.4 is 10.9 Å². The zero-order chi connectivity index (χ0) is 14.6. The summed E-state index contributed by atoms with van der Waals surface area (Å²) in [6.07, 6.45) is 4.12. The van der Waals surface area contributed by atoms with Gasteiger partial charge in [-0.05, 0) is 36.2 Å². The van der Waals surface area contributed by atoms with E-state index in [0.29, 0.717) is 16.7 Å². The van der Waals surface area contributed by atoms with E-state index in [1.54, 1.807) is 12.5 Å². The first kappa shape index (κ1) is 16.4. The number of nitrogens with zero attached hydrogens (tertiary/aromatic N) is 2. The van der Waals surface area contributed by atoms with E-state index < -0.39 is 10.8 Å². The van der Waals surface area contributed by atoms with Gasteiger partial charge in [0.05, 0.1) is 17.9 Å². The van der Waals surface area contributed by atoms with E-state index in [1.165, 1.54) is 4.68 Å². The van der Waals surface area contributed by atoms with E-state index in [4.69, 9.17) is 0 Å². The Morgan fingerprint density at radius 3 is 2.63 bits per heavy atom. The molecular weight excluding hydrogens is 330 g/mol. The first-order valence-corrected chi connectivity index (χ1v) is 8.59. The number of aromatic nitrogens is 2. The zero-order valence-electron chi connectivity index (χ0n) is 11.6. The Hall–Kier alpha value is -0.690. The lowest BCUT2D eigenvalue weighted by Gasteiger charge is -2.13. The highest BCUT2D eigenvalue weighted by Crippen LogP contribution is 2.17. The van der Waals surface area contributed by atoms with Crippen LogP contribution in [0.15, 0.2) is 15.5 Å². The smallest absolute Gasteiger partial charge is 0.283 e. The fourth-order valence-electron chi connectivity index (χ4n) is 1.51. The molecule has 1 heterocycles. The van der Waals surface area contributed by atoms with E-state index in [1.807, 2.05) is 20.8 Å².